The minimum absolute atomic E-state index is 0.506. The fourth-order valence-corrected chi connectivity index (χ4v) is 0.951. The molecule has 0 aromatic rings. The molecule has 0 saturated carbocycles. The highest BCUT2D eigenvalue weighted by Gasteiger charge is 2.45. The van der Waals surface area contributed by atoms with Crippen LogP contribution in [0.4, 0.5) is 0 Å². The lowest BCUT2D eigenvalue weighted by Crippen LogP contribution is -2.47. The molecule has 0 spiro atoms. The molecule has 0 aliphatic heterocycles. The summed E-state index contributed by atoms with van der Waals surface area (Å²) in [4.78, 5) is 32.8. The second kappa shape index (κ2) is 6.19. The summed E-state index contributed by atoms with van der Waals surface area (Å²) >= 11 is 0. The number of hydrogen-bond acceptors (Lipinski definition) is 7. The first-order valence-corrected chi connectivity index (χ1v) is 4.93. The molecule has 0 aromatic carbocycles. The molecule has 0 rings (SSSR count). The molecule has 0 aliphatic carbocycles. The molecule has 7 heteroatoms. The first kappa shape index (κ1) is 15.4. The van der Waals surface area contributed by atoms with Crippen LogP contribution >= 0.6 is 0 Å². The maximum absolute atomic E-state index is 10.9. The SMILES string of the molecule is CC(=O)OC(OC(C)=O)(OC(C)=O)OC(C)C. The molecule has 0 fully saturated rings. The van der Waals surface area contributed by atoms with Gasteiger partial charge in [0.15, 0.2) is 0 Å². The molecule has 0 heterocycles. The Kier molecular flexibility index (Phi) is 5.60. The lowest BCUT2D eigenvalue weighted by molar-refractivity contribution is -0.455. The van der Waals surface area contributed by atoms with Gasteiger partial charge in [0.05, 0.1) is 6.10 Å². The third-order valence-corrected chi connectivity index (χ3v) is 1.19. The minimum atomic E-state index is -2.46. The highest BCUT2D eigenvalue weighted by molar-refractivity contribution is 5.70. The fourth-order valence-electron chi connectivity index (χ4n) is 0.951. The normalized spacial score (nSPS) is 10.9. The van der Waals surface area contributed by atoms with Crippen LogP contribution in [0.15, 0.2) is 0 Å². The first-order valence-electron chi connectivity index (χ1n) is 4.93. The van der Waals surface area contributed by atoms with Crippen LogP contribution in [0.1, 0.15) is 34.6 Å². The largest absolute Gasteiger partial charge is 0.566 e. The van der Waals surface area contributed by atoms with Gasteiger partial charge in [-0.2, -0.15) is 0 Å². The van der Waals surface area contributed by atoms with Gasteiger partial charge in [-0.3, -0.25) is 19.1 Å². The van der Waals surface area contributed by atoms with Crippen molar-refractivity contribution in [2.75, 3.05) is 0 Å². The Bertz CT molecular complexity index is 267. The van der Waals surface area contributed by atoms with Crippen molar-refractivity contribution in [3.8, 4) is 0 Å². The van der Waals surface area contributed by atoms with Crippen molar-refractivity contribution in [3.05, 3.63) is 0 Å². The summed E-state index contributed by atoms with van der Waals surface area (Å²) in [5.74, 6) is -2.48. The second-order valence-corrected chi connectivity index (χ2v) is 3.45. The molecular formula is C10H16O7. The summed E-state index contributed by atoms with van der Waals surface area (Å²) in [6.45, 7) is 6.36. The monoisotopic (exact) mass is 248 g/mol. The number of rotatable bonds is 5. The number of ether oxygens (including phenoxy) is 4. The van der Waals surface area contributed by atoms with Crippen LogP contribution in [0.25, 0.3) is 0 Å². The van der Waals surface area contributed by atoms with Crippen LogP contribution in [0.5, 0.6) is 0 Å². The van der Waals surface area contributed by atoms with Gasteiger partial charge in [-0.25, -0.2) is 0 Å². The standard InChI is InChI=1S/C10H16O7/c1-6(2)14-10(15-7(3)11,16-8(4)12)17-9(5)13/h6H,1-5H3. The van der Waals surface area contributed by atoms with Crippen LogP contribution in [0.3, 0.4) is 0 Å². The zero-order valence-corrected chi connectivity index (χ0v) is 10.4. The molecule has 0 unspecified atom stereocenters. The molecule has 0 aromatic heterocycles. The van der Waals surface area contributed by atoms with E-state index < -0.39 is 30.2 Å². The molecule has 0 saturated heterocycles. The van der Waals surface area contributed by atoms with E-state index in [0.717, 1.165) is 20.8 Å². The van der Waals surface area contributed by atoms with Gasteiger partial charge in [0.2, 0.25) is 0 Å². The Morgan fingerprint density at radius 2 is 1.12 bits per heavy atom. The third-order valence-electron chi connectivity index (χ3n) is 1.19. The van der Waals surface area contributed by atoms with Crippen molar-refractivity contribution in [1.82, 2.24) is 0 Å². The Morgan fingerprint density at radius 1 is 0.824 bits per heavy atom. The number of esters is 3. The summed E-state index contributed by atoms with van der Waals surface area (Å²) in [5.41, 5.74) is 0. The molecule has 0 N–H and O–H groups in total. The summed E-state index contributed by atoms with van der Waals surface area (Å²) in [6.07, 6.45) is -2.97. The highest BCUT2D eigenvalue weighted by Crippen LogP contribution is 2.21. The maximum atomic E-state index is 10.9. The summed E-state index contributed by atoms with van der Waals surface area (Å²) < 4.78 is 18.9. The minimum Gasteiger partial charge on any atom is -0.363 e. The van der Waals surface area contributed by atoms with Crippen molar-refractivity contribution in [2.45, 2.75) is 46.9 Å². The van der Waals surface area contributed by atoms with E-state index in [4.69, 9.17) is 4.74 Å². The number of hydrogen-bond donors (Lipinski definition) is 0. The van der Waals surface area contributed by atoms with E-state index in [0.29, 0.717) is 0 Å². The van der Waals surface area contributed by atoms with Gasteiger partial charge in [0.1, 0.15) is 0 Å². The van der Waals surface area contributed by atoms with Crippen molar-refractivity contribution in [1.29, 1.82) is 0 Å². The van der Waals surface area contributed by atoms with E-state index >= 15 is 0 Å². The van der Waals surface area contributed by atoms with E-state index in [-0.39, 0.29) is 0 Å². The van der Waals surface area contributed by atoms with E-state index in [1.54, 1.807) is 13.8 Å². The second-order valence-electron chi connectivity index (χ2n) is 3.45. The molecule has 7 nitrogen and oxygen atoms in total. The van der Waals surface area contributed by atoms with Gasteiger partial charge in [0, 0.05) is 20.8 Å². The molecule has 0 radical (unpaired) electrons. The van der Waals surface area contributed by atoms with Crippen LogP contribution in [0, 0.1) is 0 Å². The Morgan fingerprint density at radius 3 is 1.29 bits per heavy atom. The van der Waals surface area contributed by atoms with Gasteiger partial charge >= 0.3 is 24.1 Å². The van der Waals surface area contributed by atoms with E-state index in [9.17, 15) is 14.4 Å². The Balaban J connectivity index is 5.09. The van der Waals surface area contributed by atoms with E-state index in [1.807, 2.05) is 0 Å². The summed E-state index contributed by atoms with van der Waals surface area (Å²) in [5, 5.41) is 0. The Hall–Kier alpha value is -1.63. The zero-order chi connectivity index (χ0) is 13.6. The molecule has 98 valence electrons. The lowest BCUT2D eigenvalue weighted by atomic mass is 10.5. The molecule has 0 bridgehead atoms. The first-order chi connectivity index (χ1) is 7.67. The van der Waals surface area contributed by atoms with Crippen molar-refractivity contribution >= 4 is 17.9 Å². The quantitative estimate of drug-likeness (QED) is 0.523. The van der Waals surface area contributed by atoms with Crippen molar-refractivity contribution in [2.24, 2.45) is 0 Å². The van der Waals surface area contributed by atoms with Crippen LogP contribution in [-0.2, 0) is 33.3 Å². The van der Waals surface area contributed by atoms with E-state index in [1.165, 1.54) is 0 Å². The highest BCUT2D eigenvalue weighted by atomic mass is 17.0. The molecular weight excluding hydrogens is 232 g/mol. The third kappa shape index (κ3) is 6.52. The molecule has 0 amide bonds. The molecule has 0 aliphatic rings. The van der Waals surface area contributed by atoms with Crippen LogP contribution in [-0.4, -0.2) is 30.2 Å². The Labute approximate surface area is 99.0 Å². The van der Waals surface area contributed by atoms with Gasteiger partial charge in [-0.1, -0.05) is 0 Å². The van der Waals surface area contributed by atoms with Gasteiger partial charge in [-0.05, 0) is 13.8 Å². The average Bonchev–Trinajstić information content (AvgIpc) is 1.95. The predicted octanol–water partition coefficient (Wildman–Crippen LogP) is 0.712. The summed E-state index contributed by atoms with van der Waals surface area (Å²) in [7, 11) is 0. The number of carbonyl (C=O) groups excluding carboxylic acids is 3. The smallest absolute Gasteiger partial charge is 0.363 e. The van der Waals surface area contributed by atoms with Gasteiger partial charge in [0.25, 0.3) is 0 Å². The fraction of sp³-hybridized carbons (Fsp3) is 0.700. The van der Waals surface area contributed by atoms with Crippen molar-refractivity contribution in [3.63, 3.8) is 0 Å². The lowest BCUT2D eigenvalue weighted by Gasteiger charge is -2.29. The van der Waals surface area contributed by atoms with Crippen LogP contribution in [0.2, 0.25) is 0 Å². The number of carbonyl (C=O) groups is 3. The van der Waals surface area contributed by atoms with Gasteiger partial charge < -0.3 is 14.2 Å². The molecule has 17 heavy (non-hydrogen) atoms. The molecule has 0 atom stereocenters. The summed E-state index contributed by atoms with van der Waals surface area (Å²) in [6, 6.07) is 0. The van der Waals surface area contributed by atoms with E-state index in [2.05, 4.69) is 14.2 Å². The van der Waals surface area contributed by atoms with Gasteiger partial charge in [-0.15, -0.1) is 0 Å². The predicted molar refractivity (Wildman–Crippen MR) is 54.3 cm³/mol. The average molecular weight is 248 g/mol. The zero-order valence-electron chi connectivity index (χ0n) is 10.4. The topological polar surface area (TPSA) is 88.1 Å². The van der Waals surface area contributed by atoms with Crippen molar-refractivity contribution < 1.29 is 33.3 Å². The van der Waals surface area contributed by atoms with Crippen LogP contribution < -0.4 is 0 Å². The maximum Gasteiger partial charge on any atom is 0.566 e.